The second-order valence-electron chi connectivity index (χ2n) is 8.07. The van der Waals surface area contributed by atoms with Crippen molar-refractivity contribution in [1.29, 1.82) is 0 Å². The number of nitro benzene ring substituents is 1. The third-order valence-electron chi connectivity index (χ3n) is 5.81. The van der Waals surface area contributed by atoms with Gasteiger partial charge in [0.1, 0.15) is 0 Å². The molecule has 1 atom stereocenters. The molecule has 2 heterocycles. The Morgan fingerprint density at radius 1 is 1.03 bits per heavy atom. The maximum Gasteiger partial charge on any atom is 0.274 e. The average molecular weight is 389 g/mol. The number of fused-ring (bicyclic) bond motifs is 1. The highest BCUT2D eigenvalue weighted by atomic mass is 16.6. The van der Waals surface area contributed by atoms with Crippen molar-refractivity contribution >= 4 is 5.69 Å². The van der Waals surface area contributed by atoms with Crippen LogP contribution in [0.3, 0.4) is 0 Å². The molecular weight excluding hydrogens is 362 g/mol. The van der Waals surface area contributed by atoms with Crippen molar-refractivity contribution in [3.63, 3.8) is 0 Å². The van der Waals surface area contributed by atoms with E-state index >= 15 is 0 Å². The summed E-state index contributed by atoms with van der Waals surface area (Å²) in [7, 11) is 0. The summed E-state index contributed by atoms with van der Waals surface area (Å²) in [4.78, 5) is 13.9. The number of hydrogen-bond donors (Lipinski definition) is 0. The number of aromatic nitrogens is 1. The highest BCUT2D eigenvalue weighted by Gasteiger charge is 2.32. The van der Waals surface area contributed by atoms with Gasteiger partial charge in [-0.3, -0.25) is 15.0 Å². The largest absolute Gasteiger partial charge is 0.350 e. The normalized spacial score (nSPS) is 17.1. The van der Waals surface area contributed by atoms with Gasteiger partial charge in [0, 0.05) is 37.6 Å². The number of para-hydroxylation sites is 1. The predicted octanol–water partition coefficient (Wildman–Crippen LogP) is 5.52. The van der Waals surface area contributed by atoms with Gasteiger partial charge in [-0.25, -0.2) is 0 Å². The topological polar surface area (TPSA) is 51.3 Å². The summed E-state index contributed by atoms with van der Waals surface area (Å²) in [5.41, 5.74) is 4.63. The molecule has 0 radical (unpaired) electrons. The first kappa shape index (κ1) is 19.4. The molecule has 0 fully saturated rings. The maximum absolute atomic E-state index is 11.7. The van der Waals surface area contributed by atoms with Gasteiger partial charge in [0.25, 0.3) is 5.69 Å². The summed E-state index contributed by atoms with van der Waals surface area (Å²) in [6, 6.07) is 19.9. The zero-order valence-corrected chi connectivity index (χ0v) is 17.0. The monoisotopic (exact) mass is 389 g/mol. The van der Waals surface area contributed by atoms with Crippen LogP contribution in [0.2, 0.25) is 0 Å². The number of nitrogens with zero attached hydrogens (tertiary/aromatic N) is 3. The van der Waals surface area contributed by atoms with E-state index in [1.165, 1.54) is 11.1 Å². The molecule has 5 nitrogen and oxygen atoms in total. The smallest absolute Gasteiger partial charge is 0.274 e. The summed E-state index contributed by atoms with van der Waals surface area (Å²) in [5, 5.41) is 11.7. The van der Waals surface area contributed by atoms with Crippen LogP contribution in [-0.2, 0) is 13.1 Å². The lowest BCUT2D eigenvalue weighted by Crippen LogP contribution is -2.30. The van der Waals surface area contributed by atoms with Gasteiger partial charge in [-0.05, 0) is 35.6 Å². The highest BCUT2D eigenvalue weighted by molar-refractivity contribution is 5.46. The van der Waals surface area contributed by atoms with Gasteiger partial charge in [0.2, 0.25) is 0 Å². The Balaban J connectivity index is 1.74. The van der Waals surface area contributed by atoms with Crippen molar-refractivity contribution in [3.8, 4) is 0 Å². The number of nitro groups is 1. The first-order chi connectivity index (χ1) is 14.0. The van der Waals surface area contributed by atoms with E-state index in [4.69, 9.17) is 0 Å². The number of hydrogen-bond acceptors (Lipinski definition) is 3. The van der Waals surface area contributed by atoms with E-state index in [0.29, 0.717) is 5.92 Å². The zero-order chi connectivity index (χ0) is 20.4. The Kier molecular flexibility index (Phi) is 5.49. The molecule has 5 heteroatoms. The van der Waals surface area contributed by atoms with Crippen LogP contribution in [0.5, 0.6) is 0 Å². The lowest BCUT2D eigenvalue weighted by atomic mass is 9.98. The van der Waals surface area contributed by atoms with Crippen LogP contribution >= 0.6 is 0 Å². The van der Waals surface area contributed by atoms with E-state index in [1.54, 1.807) is 12.1 Å². The SMILES string of the molecule is CC(C)c1ccc(CN2CCCn3cccc3C2c2ccccc2[N+](=O)[O-])cc1. The van der Waals surface area contributed by atoms with Crippen LogP contribution in [0.25, 0.3) is 0 Å². The van der Waals surface area contributed by atoms with Gasteiger partial charge in [-0.2, -0.15) is 0 Å². The fraction of sp³-hybridized carbons (Fsp3) is 0.333. The Hall–Kier alpha value is -2.92. The summed E-state index contributed by atoms with van der Waals surface area (Å²) >= 11 is 0. The van der Waals surface area contributed by atoms with Gasteiger partial charge in [0.15, 0.2) is 0 Å². The maximum atomic E-state index is 11.7. The van der Waals surface area contributed by atoms with Gasteiger partial charge in [-0.1, -0.05) is 56.3 Å². The molecule has 0 spiro atoms. The summed E-state index contributed by atoms with van der Waals surface area (Å²) in [5.74, 6) is 0.505. The van der Waals surface area contributed by atoms with Crippen molar-refractivity contribution in [1.82, 2.24) is 9.47 Å². The molecule has 1 aromatic heterocycles. The first-order valence-corrected chi connectivity index (χ1v) is 10.3. The highest BCUT2D eigenvalue weighted by Crippen LogP contribution is 2.37. The minimum Gasteiger partial charge on any atom is -0.350 e. The second-order valence-corrected chi connectivity index (χ2v) is 8.07. The van der Waals surface area contributed by atoms with Gasteiger partial charge < -0.3 is 4.57 Å². The predicted molar refractivity (Wildman–Crippen MR) is 115 cm³/mol. The molecule has 2 aromatic carbocycles. The first-order valence-electron chi connectivity index (χ1n) is 10.3. The third kappa shape index (κ3) is 3.96. The minimum atomic E-state index is -0.261. The van der Waals surface area contributed by atoms with E-state index in [-0.39, 0.29) is 16.7 Å². The standard InChI is InChI=1S/C24H27N3O2/c1-18(2)20-12-10-19(11-13-20)17-26-16-6-15-25-14-5-9-23(25)24(26)21-7-3-4-8-22(21)27(28)29/h3-5,7-14,18,24H,6,15-17H2,1-2H3. The van der Waals surface area contributed by atoms with Crippen molar-refractivity contribution in [2.24, 2.45) is 0 Å². The van der Waals surface area contributed by atoms with Crippen molar-refractivity contribution < 1.29 is 4.92 Å². The molecule has 0 amide bonds. The van der Waals surface area contributed by atoms with Crippen molar-refractivity contribution in [3.05, 3.63) is 99.4 Å². The van der Waals surface area contributed by atoms with Crippen LogP contribution in [0.1, 0.15) is 54.6 Å². The molecule has 0 bridgehead atoms. The molecule has 1 aliphatic rings. The van der Waals surface area contributed by atoms with Crippen molar-refractivity contribution in [2.45, 2.75) is 45.3 Å². The zero-order valence-electron chi connectivity index (χ0n) is 17.0. The molecule has 1 aliphatic heterocycles. The molecule has 0 N–H and O–H groups in total. The molecule has 29 heavy (non-hydrogen) atoms. The second kappa shape index (κ2) is 8.21. The van der Waals surface area contributed by atoms with Crippen molar-refractivity contribution in [2.75, 3.05) is 6.54 Å². The van der Waals surface area contributed by atoms with Crippen LogP contribution in [0.4, 0.5) is 5.69 Å². The third-order valence-corrected chi connectivity index (χ3v) is 5.81. The summed E-state index contributed by atoms with van der Waals surface area (Å²) < 4.78 is 2.24. The fourth-order valence-corrected chi connectivity index (χ4v) is 4.29. The Labute approximate surface area is 171 Å². The fourth-order valence-electron chi connectivity index (χ4n) is 4.29. The quantitative estimate of drug-likeness (QED) is 0.427. The molecule has 150 valence electrons. The Bertz CT molecular complexity index is 991. The van der Waals surface area contributed by atoms with E-state index in [1.807, 2.05) is 18.2 Å². The molecule has 0 saturated carbocycles. The van der Waals surface area contributed by atoms with E-state index in [9.17, 15) is 10.1 Å². The average Bonchev–Trinajstić information content (AvgIpc) is 3.10. The molecule has 3 aromatic rings. The molecule has 4 rings (SSSR count). The van der Waals surface area contributed by atoms with E-state index in [0.717, 1.165) is 37.3 Å². The van der Waals surface area contributed by atoms with Crippen LogP contribution in [0.15, 0.2) is 66.9 Å². The van der Waals surface area contributed by atoms with Crippen LogP contribution in [0, 0.1) is 10.1 Å². The van der Waals surface area contributed by atoms with E-state index in [2.05, 4.69) is 59.8 Å². The van der Waals surface area contributed by atoms with Gasteiger partial charge in [-0.15, -0.1) is 0 Å². The lowest BCUT2D eigenvalue weighted by molar-refractivity contribution is -0.385. The summed E-state index contributed by atoms with van der Waals surface area (Å²) in [6.45, 7) is 6.98. The van der Waals surface area contributed by atoms with Crippen LogP contribution < -0.4 is 0 Å². The lowest BCUT2D eigenvalue weighted by Gasteiger charge is -2.30. The Morgan fingerprint density at radius 3 is 2.52 bits per heavy atom. The van der Waals surface area contributed by atoms with E-state index < -0.39 is 0 Å². The number of aryl methyl sites for hydroxylation is 1. The Morgan fingerprint density at radius 2 is 1.79 bits per heavy atom. The van der Waals surface area contributed by atoms with Gasteiger partial charge in [0.05, 0.1) is 16.5 Å². The number of rotatable bonds is 5. The number of benzene rings is 2. The molecule has 0 saturated heterocycles. The summed E-state index contributed by atoms with van der Waals surface area (Å²) in [6.07, 6.45) is 3.10. The molecule has 1 unspecified atom stereocenters. The van der Waals surface area contributed by atoms with Crippen LogP contribution in [-0.4, -0.2) is 20.9 Å². The molecule has 0 aliphatic carbocycles. The molecular formula is C24H27N3O2. The minimum absolute atomic E-state index is 0.140. The van der Waals surface area contributed by atoms with Gasteiger partial charge >= 0.3 is 0 Å².